The van der Waals surface area contributed by atoms with Gasteiger partial charge in [0.05, 0.1) is 7.11 Å². The number of methoxy groups -OCH3 is 1. The van der Waals surface area contributed by atoms with Gasteiger partial charge >= 0.3 is 0 Å². The van der Waals surface area contributed by atoms with Gasteiger partial charge < -0.3 is 9.64 Å². The standard InChI is InChI=1S/C20H29FN2O2S/c1-25-19-12-15(4-6-17(19)21)13-22-10-8-18-16(14-22)5-7-20(24)23(18)9-3-11-26-2/h4,6,12,16,18H,3,5,7-11,13-14H2,1-2H3. The van der Waals surface area contributed by atoms with E-state index in [1.165, 1.54) is 13.2 Å². The number of ether oxygens (including phenoxy) is 1. The van der Waals surface area contributed by atoms with Crippen molar-refractivity contribution in [2.75, 3.05) is 38.8 Å². The molecule has 2 saturated heterocycles. The number of hydrogen-bond donors (Lipinski definition) is 0. The van der Waals surface area contributed by atoms with Gasteiger partial charge in [-0.1, -0.05) is 6.07 Å². The SMILES string of the molecule is COc1cc(CN2CCC3C(CCC(=O)N3CCCSC)C2)ccc1F. The van der Waals surface area contributed by atoms with E-state index in [9.17, 15) is 9.18 Å². The molecule has 0 spiro atoms. The highest BCUT2D eigenvalue weighted by Crippen LogP contribution is 2.32. The number of fused-ring (bicyclic) bond motifs is 1. The summed E-state index contributed by atoms with van der Waals surface area (Å²) in [6.07, 6.45) is 5.90. The smallest absolute Gasteiger partial charge is 0.222 e. The predicted octanol–water partition coefficient (Wildman–Crippen LogP) is 3.40. The number of halogens is 1. The molecular formula is C20H29FN2O2S. The van der Waals surface area contributed by atoms with Crippen LogP contribution in [-0.2, 0) is 11.3 Å². The molecule has 2 aliphatic rings. The second-order valence-corrected chi connectivity index (χ2v) is 8.28. The molecule has 0 aromatic heterocycles. The number of amides is 1. The number of benzene rings is 1. The first-order valence-corrected chi connectivity index (χ1v) is 10.8. The van der Waals surface area contributed by atoms with Crippen LogP contribution in [0.4, 0.5) is 4.39 Å². The van der Waals surface area contributed by atoms with E-state index in [1.54, 1.807) is 6.07 Å². The molecule has 1 aromatic carbocycles. The third-order valence-electron chi connectivity index (χ3n) is 5.60. The van der Waals surface area contributed by atoms with E-state index >= 15 is 0 Å². The number of likely N-dealkylation sites (tertiary alicyclic amines) is 2. The van der Waals surface area contributed by atoms with E-state index in [1.807, 2.05) is 17.8 Å². The fourth-order valence-electron chi connectivity index (χ4n) is 4.30. The maximum atomic E-state index is 13.6. The van der Waals surface area contributed by atoms with Crippen LogP contribution in [0.5, 0.6) is 5.75 Å². The molecule has 2 aliphatic heterocycles. The minimum atomic E-state index is -0.318. The molecule has 2 fully saturated rings. The molecule has 26 heavy (non-hydrogen) atoms. The molecule has 0 radical (unpaired) electrons. The molecule has 2 unspecified atom stereocenters. The van der Waals surface area contributed by atoms with Crippen molar-refractivity contribution in [3.63, 3.8) is 0 Å². The van der Waals surface area contributed by atoms with Gasteiger partial charge in [-0.05, 0) is 54.9 Å². The van der Waals surface area contributed by atoms with Crippen LogP contribution in [0.15, 0.2) is 18.2 Å². The number of carbonyl (C=O) groups excluding carboxylic acids is 1. The summed E-state index contributed by atoms with van der Waals surface area (Å²) < 4.78 is 18.7. The Kier molecular flexibility index (Phi) is 6.81. The van der Waals surface area contributed by atoms with Gasteiger partial charge in [-0.3, -0.25) is 9.69 Å². The monoisotopic (exact) mass is 380 g/mol. The van der Waals surface area contributed by atoms with Crippen LogP contribution in [0.2, 0.25) is 0 Å². The quantitative estimate of drug-likeness (QED) is 0.679. The summed E-state index contributed by atoms with van der Waals surface area (Å²) in [7, 11) is 1.50. The van der Waals surface area contributed by atoms with E-state index < -0.39 is 0 Å². The first-order valence-electron chi connectivity index (χ1n) is 9.45. The van der Waals surface area contributed by atoms with Crippen molar-refractivity contribution in [2.45, 2.75) is 38.3 Å². The Morgan fingerprint density at radius 1 is 1.35 bits per heavy atom. The van der Waals surface area contributed by atoms with Crippen molar-refractivity contribution >= 4 is 17.7 Å². The van der Waals surface area contributed by atoms with E-state index in [2.05, 4.69) is 16.1 Å². The van der Waals surface area contributed by atoms with Gasteiger partial charge in [0.25, 0.3) is 0 Å². The number of hydrogen-bond acceptors (Lipinski definition) is 4. The first kappa shape index (κ1) is 19.5. The van der Waals surface area contributed by atoms with Gasteiger partial charge in [-0.2, -0.15) is 11.8 Å². The van der Waals surface area contributed by atoms with Gasteiger partial charge in [0.15, 0.2) is 11.6 Å². The summed E-state index contributed by atoms with van der Waals surface area (Å²) in [6.45, 7) is 3.69. The number of thioether (sulfide) groups is 1. The lowest BCUT2D eigenvalue weighted by Crippen LogP contribution is -2.56. The highest BCUT2D eigenvalue weighted by molar-refractivity contribution is 7.98. The highest BCUT2D eigenvalue weighted by atomic mass is 32.2. The van der Waals surface area contributed by atoms with Crippen LogP contribution in [-0.4, -0.2) is 60.5 Å². The lowest BCUT2D eigenvalue weighted by atomic mass is 9.83. The Hall–Kier alpha value is -1.27. The minimum absolute atomic E-state index is 0.306. The number of nitrogens with zero attached hydrogens (tertiary/aromatic N) is 2. The molecule has 0 saturated carbocycles. The van der Waals surface area contributed by atoms with Gasteiger partial charge in [-0.15, -0.1) is 0 Å². The van der Waals surface area contributed by atoms with E-state index in [0.717, 1.165) is 56.8 Å². The summed E-state index contributed by atoms with van der Waals surface area (Å²) in [5, 5.41) is 0. The molecule has 1 amide bonds. The van der Waals surface area contributed by atoms with Crippen molar-refractivity contribution in [3.05, 3.63) is 29.6 Å². The molecular weight excluding hydrogens is 351 g/mol. The van der Waals surface area contributed by atoms with Crippen LogP contribution in [0.25, 0.3) is 0 Å². The molecule has 0 bridgehead atoms. The van der Waals surface area contributed by atoms with Gasteiger partial charge in [0, 0.05) is 38.6 Å². The molecule has 3 rings (SSSR count). The van der Waals surface area contributed by atoms with Crippen LogP contribution in [0.1, 0.15) is 31.2 Å². The lowest BCUT2D eigenvalue weighted by Gasteiger charge is -2.47. The van der Waals surface area contributed by atoms with Crippen molar-refractivity contribution < 1.29 is 13.9 Å². The Labute approximate surface area is 160 Å². The molecule has 6 heteroatoms. The zero-order valence-corrected chi connectivity index (χ0v) is 16.6. The molecule has 0 aliphatic carbocycles. The largest absolute Gasteiger partial charge is 0.494 e. The van der Waals surface area contributed by atoms with E-state index in [-0.39, 0.29) is 5.82 Å². The zero-order chi connectivity index (χ0) is 18.5. The molecule has 144 valence electrons. The lowest BCUT2D eigenvalue weighted by molar-refractivity contribution is -0.141. The fourth-order valence-corrected chi connectivity index (χ4v) is 4.72. The second kappa shape index (κ2) is 9.09. The Balaban J connectivity index is 1.60. The molecule has 2 atom stereocenters. The Morgan fingerprint density at radius 2 is 2.19 bits per heavy atom. The topological polar surface area (TPSA) is 32.8 Å². The predicted molar refractivity (Wildman–Crippen MR) is 104 cm³/mol. The van der Waals surface area contributed by atoms with Crippen molar-refractivity contribution in [3.8, 4) is 5.75 Å². The van der Waals surface area contributed by atoms with Crippen molar-refractivity contribution in [1.82, 2.24) is 9.80 Å². The molecule has 1 aromatic rings. The van der Waals surface area contributed by atoms with E-state index in [4.69, 9.17) is 4.74 Å². The van der Waals surface area contributed by atoms with Gasteiger partial charge in [0.1, 0.15) is 0 Å². The maximum absolute atomic E-state index is 13.6. The summed E-state index contributed by atoms with van der Waals surface area (Å²) in [5.41, 5.74) is 1.07. The fraction of sp³-hybridized carbons (Fsp3) is 0.650. The minimum Gasteiger partial charge on any atom is -0.494 e. The molecule has 2 heterocycles. The average Bonchev–Trinajstić information content (AvgIpc) is 2.65. The number of piperidine rings is 2. The second-order valence-electron chi connectivity index (χ2n) is 7.29. The van der Waals surface area contributed by atoms with Crippen molar-refractivity contribution in [2.24, 2.45) is 5.92 Å². The first-order chi connectivity index (χ1) is 12.6. The van der Waals surface area contributed by atoms with Crippen LogP contribution >= 0.6 is 11.8 Å². The average molecular weight is 381 g/mol. The normalized spacial score (nSPS) is 23.8. The number of rotatable bonds is 7. The third kappa shape index (κ3) is 4.52. The number of carbonyl (C=O) groups is 1. The summed E-state index contributed by atoms with van der Waals surface area (Å²) in [6, 6.07) is 5.51. The van der Waals surface area contributed by atoms with E-state index in [0.29, 0.717) is 30.0 Å². The third-order valence-corrected chi connectivity index (χ3v) is 6.29. The van der Waals surface area contributed by atoms with Gasteiger partial charge in [-0.25, -0.2) is 4.39 Å². The van der Waals surface area contributed by atoms with Gasteiger partial charge in [0.2, 0.25) is 5.91 Å². The molecule has 4 nitrogen and oxygen atoms in total. The Morgan fingerprint density at radius 3 is 2.96 bits per heavy atom. The molecule has 0 N–H and O–H groups in total. The zero-order valence-electron chi connectivity index (χ0n) is 15.7. The Bertz CT molecular complexity index is 628. The van der Waals surface area contributed by atoms with Crippen LogP contribution in [0, 0.1) is 11.7 Å². The summed E-state index contributed by atoms with van der Waals surface area (Å²) in [4.78, 5) is 17.0. The van der Waals surface area contributed by atoms with Crippen molar-refractivity contribution in [1.29, 1.82) is 0 Å². The van der Waals surface area contributed by atoms with Crippen LogP contribution < -0.4 is 4.74 Å². The van der Waals surface area contributed by atoms with Crippen LogP contribution in [0.3, 0.4) is 0 Å². The highest BCUT2D eigenvalue weighted by Gasteiger charge is 2.38. The summed E-state index contributed by atoms with van der Waals surface area (Å²) >= 11 is 1.84. The maximum Gasteiger partial charge on any atom is 0.222 e. The summed E-state index contributed by atoms with van der Waals surface area (Å²) in [5.74, 6) is 1.99.